The van der Waals surface area contributed by atoms with Crippen molar-refractivity contribution in [3.05, 3.63) is 54.4 Å². The first-order chi connectivity index (χ1) is 8.78. The van der Waals surface area contributed by atoms with Crippen LogP contribution in [0.2, 0.25) is 0 Å². The van der Waals surface area contributed by atoms with Crippen LogP contribution in [0.5, 0.6) is 0 Å². The van der Waals surface area contributed by atoms with Gasteiger partial charge >= 0.3 is 0 Å². The SMILES string of the molecule is N#Cc1cccc(NC(=O)CCn2cccc2)c1. The summed E-state index contributed by atoms with van der Waals surface area (Å²) in [4.78, 5) is 11.7. The zero-order valence-corrected chi connectivity index (χ0v) is 9.84. The molecule has 1 amide bonds. The molecule has 0 fully saturated rings. The van der Waals surface area contributed by atoms with Crippen LogP contribution >= 0.6 is 0 Å². The van der Waals surface area contributed by atoms with E-state index in [0.717, 1.165) is 0 Å². The lowest BCUT2D eigenvalue weighted by Crippen LogP contribution is -2.14. The van der Waals surface area contributed by atoms with Gasteiger partial charge in [-0.1, -0.05) is 6.07 Å². The van der Waals surface area contributed by atoms with Gasteiger partial charge in [-0.05, 0) is 30.3 Å². The number of rotatable bonds is 4. The van der Waals surface area contributed by atoms with Gasteiger partial charge in [-0.2, -0.15) is 5.26 Å². The maximum atomic E-state index is 11.7. The molecule has 90 valence electrons. The predicted molar refractivity (Wildman–Crippen MR) is 68.8 cm³/mol. The maximum Gasteiger partial charge on any atom is 0.226 e. The summed E-state index contributed by atoms with van der Waals surface area (Å²) in [7, 11) is 0. The highest BCUT2D eigenvalue weighted by Gasteiger charge is 2.03. The third-order valence-electron chi connectivity index (χ3n) is 2.54. The number of hydrogen-bond acceptors (Lipinski definition) is 2. The van der Waals surface area contributed by atoms with Crippen LogP contribution in [-0.2, 0) is 11.3 Å². The molecule has 2 aromatic rings. The van der Waals surface area contributed by atoms with Gasteiger partial charge in [0.25, 0.3) is 0 Å². The number of nitrogens with zero attached hydrogens (tertiary/aromatic N) is 2. The molecule has 18 heavy (non-hydrogen) atoms. The number of amides is 1. The average Bonchev–Trinajstić information content (AvgIpc) is 2.90. The monoisotopic (exact) mass is 239 g/mol. The molecule has 1 aromatic carbocycles. The van der Waals surface area contributed by atoms with E-state index in [1.165, 1.54) is 0 Å². The number of carbonyl (C=O) groups excluding carboxylic acids is 1. The van der Waals surface area contributed by atoms with Crippen molar-refractivity contribution in [1.82, 2.24) is 4.57 Å². The highest BCUT2D eigenvalue weighted by atomic mass is 16.1. The second kappa shape index (κ2) is 5.69. The first-order valence-electron chi connectivity index (χ1n) is 5.69. The summed E-state index contributed by atoms with van der Waals surface area (Å²) in [5.74, 6) is -0.0567. The molecule has 0 radical (unpaired) electrons. The average molecular weight is 239 g/mol. The van der Waals surface area contributed by atoms with Gasteiger partial charge in [-0.25, -0.2) is 0 Å². The van der Waals surface area contributed by atoms with Gasteiger partial charge in [0.1, 0.15) is 0 Å². The quantitative estimate of drug-likeness (QED) is 0.890. The third-order valence-corrected chi connectivity index (χ3v) is 2.54. The Bertz CT molecular complexity index is 567. The van der Waals surface area contributed by atoms with Crippen LogP contribution in [0.4, 0.5) is 5.69 Å². The Morgan fingerprint density at radius 2 is 2.06 bits per heavy atom. The Morgan fingerprint density at radius 3 is 2.78 bits per heavy atom. The van der Waals surface area contributed by atoms with E-state index in [2.05, 4.69) is 5.32 Å². The molecule has 4 heteroatoms. The van der Waals surface area contributed by atoms with E-state index < -0.39 is 0 Å². The molecule has 1 heterocycles. The van der Waals surface area contributed by atoms with E-state index in [-0.39, 0.29) is 5.91 Å². The van der Waals surface area contributed by atoms with Gasteiger partial charge < -0.3 is 9.88 Å². The van der Waals surface area contributed by atoms with E-state index in [0.29, 0.717) is 24.2 Å². The summed E-state index contributed by atoms with van der Waals surface area (Å²) in [6.45, 7) is 0.650. The third kappa shape index (κ3) is 3.22. The first kappa shape index (κ1) is 11.9. The number of carbonyl (C=O) groups is 1. The summed E-state index contributed by atoms with van der Waals surface area (Å²) < 4.78 is 1.95. The van der Waals surface area contributed by atoms with Crippen LogP contribution in [0.15, 0.2) is 48.8 Å². The lowest BCUT2D eigenvalue weighted by atomic mass is 10.2. The van der Waals surface area contributed by atoms with Gasteiger partial charge in [0, 0.05) is 31.0 Å². The number of anilines is 1. The van der Waals surface area contributed by atoms with Crippen molar-refractivity contribution in [2.75, 3.05) is 5.32 Å². The minimum Gasteiger partial charge on any atom is -0.354 e. The molecular formula is C14H13N3O. The Labute approximate surface area is 105 Å². The number of aromatic nitrogens is 1. The highest BCUT2D eigenvalue weighted by Crippen LogP contribution is 2.10. The summed E-state index contributed by atoms with van der Waals surface area (Å²) in [6.07, 6.45) is 4.25. The predicted octanol–water partition coefficient (Wildman–Crippen LogP) is 2.39. The van der Waals surface area contributed by atoms with E-state index >= 15 is 0 Å². The Kier molecular flexibility index (Phi) is 3.77. The molecule has 0 aliphatic heterocycles. The topological polar surface area (TPSA) is 57.8 Å². The van der Waals surface area contributed by atoms with Gasteiger partial charge in [0.15, 0.2) is 0 Å². The highest BCUT2D eigenvalue weighted by molar-refractivity contribution is 5.90. The fourth-order valence-corrected chi connectivity index (χ4v) is 1.64. The summed E-state index contributed by atoms with van der Waals surface area (Å²) in [5.41, 5.74) is 1.20. The van der Waals surface area contributed by atoms with E-state index in [1.54, 1.807) is 24.3 Å². The zero-order chi connectivity index (χ0) is 12.8. The second-order valence-electron chi connectivity index (χ2n) is 3.91. The molecule has 1 aromatic heterocycles. The molecule has 0 saturated carbocycles. The lowest BCUT2D eigenvalue weighted by molar-refractivity contribution is -0.116. The number of aryl methyl sites for hydroxylation is 1. The van der Waals surface area contributed by atoms with Crippen LogP contribution in [0.25, 0.3) is 0 Å². The van der Waals surface area contributed by atoms with Crippen molar-refractivity contribution in [3.8, 4) is 6.07 Å². The summed E-state index contributed by atoms with van der Waals surface area (Å²) in [5, 5.41) is 11.5. The minimum atomic E-state index is -0.0567. The second-order valence-corrected chi connectivity index (χ2v) is 3.91. The minimum absolute atomic E-state index is 0.0567. The zero-order valence-electron chi connectivity index (χ0n) is 9.84. The number of hydrogen-bond donors (Lipinski definition) is 1. The molecule has 0 saturated heterocycles. The van der Waals surface area contributed by atoms with Gasteiger partial charge in [0.05, 0.1) is 11.6 Å². The smallest absolute Gasteiger partial charge is 0.226 e. The molecule has 4 nitrogen and oxygen atoms in total. The molecule has 0 bridgehead atoms. The number of nitrogens with one attached hydrogen (secondary N) is 1. The fraction of sp³-hybridized carbons (Fsp3) is 0.143. The fourth-order valence-electron chi connectivity index (χ4n) is 1.64. The van der Waals surface area contributed by atoms with Crippen LogP contribution in [0, 0.1) is 11.3 Å². The Hall–Kier alpha value is -2.54. The molecular weight excluding hydrogens is 226 g/mol. The van der Waals surface area contributed by atoms with Crippen molar-refractivity contribution in [2.45, 2.75) is 13.0 Å². The molecule has 2 rings (SSSR count). The van der Waals surface area contributed by atoms with Crippen molar-refractivity contribution in [2.24, 2.45) is 0 Å². The van der Waals surface area contributed by atoms with Crippen molar-refractivity contribution < 1.29 is 4.79 Å². The lowest BCUT2D eigenvalue weighted by Gasteiger charge is -2.06. The largest absolute Gasteiger partial charge is 0.354 e. The van der Waals surface area contributed by atoms with Crippen molar-refractivity contribution in [3.63, 3.8) is 0 Å². The molecule has 0 unspecified atom stereocenters. The molecule has 0 spiro atoms. The maximum absolute atomic E-state index is 11.7. The van der Waals surface area contributed by atoms with Gasteiger partial charge in [0.2, 0.25) is 5.91 Å². The van der Waals surface area contributed by atoms with E-state index in [1.807, 2.05) is 35.2 Å². The molecule has 0 aliphatic rings. The van der Waals surface area contributed by atoms with Crippen LogP contribution in [0.1, 0.15) is 12.0 Å². The van der Waals surface area contributed by atoms with Crippen LogP contribution < -0.4 is 5.32 Å². The van der Waals surface area contributed by atoms with E-state index in [9.17, 15) is 4.79 Å². The standard InChI is InChI=1S/C14H13N3O/c15-11-12-4-3-5-13(10-12)16-14(18)6-9-17-7-1-2-8-17/h1-5,7-8,10H,6,9H2,(H,16,18). The number of benzene rings is 1. The van der Waals surface area contributed by atoms with E-state index in [4.69, 9.17) is 5.26 Å². The summed E-state index contributed by atoms with van der Waals surface area (Å²) >= 11 is 0. The normalized spacial score (nSPS) is 9.72. The summed E-state index contributed by atoms with van der Waals surface area (Å²) in [6, 6.07) is 12.8. The Balaban J connectivity index is 1.89. The number of nitriles is 1. The molecule has 0 aliphatic carbocycles. The van der Waals surface area contributed by atoms with Gasteiger partial charge in [-0.3, -0.25) is 4.79 Å². The van der Waals surface area contributed by atoms with Crippen molar-refractivity contribution >= 4 is 11.6 Å². The van der Waals surface area contributed by atoms with Crippen LogP contribution in [-0.4, -0.2) is 10.5 Å². The Morgan fingerprint density at radius 1 is 1.28 bits per heavy atom. The molecule has 1 N–H and O–H groups in total. The van der Waals surface area contributed by atoms with Gasteiger partial charge in [-0.15, -0.1) is 0 Å². The molecule has 0 atom stereocenters. The van der Waals surface area contributed by atoms with Crippen molar-refractivity contribution in [1.29, 1.82) is 5.26 Å². The first-order valence-corrected chi connectivity index (χ1v) is 5.69. The van der Waals surface area contributed by atoms with Crippen LogP contribution in [0.3, 0.4) is 0 Å².